The van der Waals surface area contributed by atoms with Gasteiger partial charge < -0.3 is 14.2 Å². The molecule has 0 saturated heterocycles. The molecule has 1 N–H and O–H groups in total. The summed E-state index contributed by atoms with van der Waals surface area (Å²) in [5.74, 6) is 2.52. The van der Waals surface area contributed by atoms with Gasteiger partial charge in [0.15, 0.2) is 0 Å². The first kappa shape index (κ1) is 25.6. The van der Waals surface area contributed by atoms with Gasteiger partial charge in [0.25, 0.3) is 5.91 Å². The summed E-state index contributed by atoms with van der Waals surface area (Å²) in [4.78, 5) is 19.4. The van der Waals surface area contributed by atoms with Crippen molar-refractivity contribution in [3.8, 4) is 11.3 Å². The average molecular weight is 535 g/mol. The molecule has 0 unspecified atom stereocenters. The lowest BCUT2D eigenvalue weighted by atomic mass is 9.72. The van der Waals surface area contributed by atoms with Gasteiger partial charge in [0.1, 0.15) is 22.3 Å². The number of rotatable bonds is 6. The van der Waals surface area contributed by atoms with E-state index in [1.54, 1.807) is 23.8 Å². The van der Waals surface area contributed by atoms with Crippen LogP contribution < -0.4 is 5.32 Å². The molecule has 1 aliphatic carbocycles. The van der Waals surface area contributed by atoms with Crippen LogP contribution in [0.3, 0.4) is 0 Å². The summed E-state index contributed by atoms with van der Waals surface area (Å²) >= 11 is 7.82. The highest BCUT2D eigenvalue weighted by molar-refractivity contribution is 7.16. The third-order valence-electron chi connectivity index (χ3n) is 7.10. The van der Waals surface area contributed by atoms with Crippen molar-refractivity contribution in [2.45, 2.75) is 53.5 Å². The highest BCUT2D eigenvalue weighted by Crippen LogP contribution is 2.45. The molecule has 3 heterocycles. The second kappa shape index (κ2) is 10.3. The van der Waals surface area contributed by atoms with Crippen LogP contribution in [-0.4, -0.2) is 12.1 Å². The van der Waals surface area contributed by atoms with Crippen molar-refractivity contribution in [2.24, 2.45) is 16.3 Å². The summed E-state index contributed by atoms with van der Waals surface area (Å²) in [7, 11) is 0. The molecule has 4 aromatic rings. The van der Waals surface area contributed by atoms with Crippen molar-refractivity contribution < 1.29 is 13.6 Å². The molecule has 0 radical (unpaired) electrons. The maximum absolute atomic E-state index is 13.4. The fourth-order valence-corrected chi connectivity index (χ4v) is 6.29. The largest absolute Gasteiger partial charge is 0.467 e. The maximum atomic E-state index is 13.4. The number of thiophene rings is 1. The number of nitrogens with one attached hydrogen (secondary N) is 1. The Balaban J connectivity index is 1.44. The van der Waals surface area contributed by atoms with Crippen LogP contribution in [-0.2, 0) is 19.4 Å². The van der Waals surface area contributed by atoms with E-state index in [1.165, 1.54) is 4.88 Å². The predicted molar refractivity (Wildman–Crippen MR) is 150 cm³/mol. The monoisotopic (exact) mass is 534 g/mol. The third kappa shape index (κ3) is 5.60. The lowest BCUT2D eigenvalue weighted by Crippen LogP contribution is -2.28. The molecule has 3 aromatic heterocycles. The fraction of sp³-hybridized carbons (Fsp3) is 0.333. The van der Waals surface area contributed by atoms with Gasteiger partial charge in [-0.15, -0.1) is 11.3 Å². The Morgan fingerprint density at radius 3 is 2.84 bits per heavy atom. The van der Waals surface area contributed by atoms with Crippen LogP contribution in [0.2, 0.25) is 5.02 Å². The van der Waals surface area contributed by atoms with Crippen LogP contribution in [0, 0.1) is 18.3 Å². The summed E-state index contributed by atoms with van der Waals surface area (Å²) in [6.45, 7) is 9.24. The zero-order valence-electron chi connectivity index (χ0n) is 21.6. The SMILES string of the molecule is Cc1ccc(Cl)cc1-c1ccc(C=Nc2sc3c(c2C(=O)NCc2ccco2)CC[C@H](C(C)(C)C)C3)o1. The molecule has 1 amide bonds. The van der Waals surface area contributed by atoms with Crippen molar-refractivity contribution in [3.63, 3.8) is 0 Å². The van der Waals surface area contributed by atoms with E-state index >= 15 is 0 Å². The molecule has 0 bridgehead atoms. The molecule has 0 saturated carbocycles. The highest BCUT2D eigenvalue weighted by Gasteiger charge is 2.33. The number of fused-ring (bicyclic) bond motifs is 1. The lowest BCUT2D eigenvalue weighted by Gasteiger charge is -2.33. The molecule has 1 atom stereocenters. The Kier molecular flexibility index (Phi) is 7.15. The topological polar surface area (TPSA) is 67.7 Å². The summed E-state index contributed by atoms with van der Waals surface area (Å²) in [5.41, 5.74) is 4.05. The van der Waals surface area contributed by atoms with Crippen molar-refractivity contribution in [2.75, 3.05) is 0 Å². The van der Waals surface area contributed by atoms with Crippen LogP contribution in [0.5, 0.6) is 0 Å². The first-order valence-corrected chi connectivity index (χ1v) is 13.7. The van der Waals surface area contributed by atoms with E-state index in [4.69, 9.17) is 25.4 Å². The molecule has 0 spiro atoms. The second-order valence-electron chi connectivity index (χ2n) is 10.7. The van der Waals surface area contributed by atoms with Crippen LogP contribution >= 0.6 is 22.9 Å². The van der Waals surface area contributed by atoms with Crippen LogP contribution in [0.25, 0.3) is 11.3 Å². The van der Waals surface area contributed by atoms with Crippen molar-refractivity contribution in [1.82, 2.24) is 5.32 Å². The minimum absolute atomic E-state index is 0.120. The van der Waals surface area contributed by atoms with Gasteiger partial charge in [-0.2, -0.15) is 0 Å². The van der Waals surface area contributed by atoms with E-state index < -0.39 is 0 Å². The Morgan fingerprint density at radius 1 is 1.24 bits per heavy atom. The Bertz CT molecular complexity index is 1440. The van der Waals surface area contributed by atoms with Crippen molar-refractivity contribution in [1.29, 1.82) is 0 Å². The number of hydrogen-bond acceptors (Lipinski definition) is 5. The maximum Gasteiger partial charge on any atom is 0.255 e. The van der Waals surface area contributed by atoms with Gasteiger partial charge in [0.05, 0.1) is 24.6 Å². The standard InChI is InChI=1S/C30H31ClN2O3S/c1-18-7-9-20(31)15-24(18)25-12-10-22(36-25)17-33-29-27(28(34)32-16-21-6-5-13-35-21)23-11-8-19(30(2,3)4)14-26(23)37-29/h5-7,9-10,12-13,15,17,19H,8,11,14,16H2,1-4H3,(H,32,34)/t19-/m0/s1. The van der Waals surface area contributed by atoms with E-state index in [1.807, 2.05) is 49.4 Å². The molecule has 7 heteroatoms. The number of carbonyl (C=O) groups excluding carboxylic acids is 1. The predicted octanol–water partition coefficient (Wildman–Crippen LogP) is 8.39. The van der Waals surface area contributed by atoms with E-state index in [-0.39, 0.29) is 11.3 Å². The fourth-order valence-electron chi connectivity index (χ4n) is 4.85. The number of aryl methyl sites for hydroxylation is 1. The van der Waals surface area contributed by atoms with Crippen LogP contribution in [0.1, 0.15) is 65.1 Å². The third-order valence-corrected chi connectivity index (χ3v) is 8.50. The van der Waals surface area contributed by atoms with E-state index in [0.717, 1.165) is 47.5 Å². The number of halogens is 1. The van der Waals surface area contributed by atoms with Crippen molar-refractivity contribution >= 4 is 40.1 Å². The van der Waals surface area contributed by atoms with Gasteiger partial charge >= 0.3 is 0 Å². The highest BCUT2D eigenvalue weighted by atomic mass is 35.5. The van der Waals surface area contributed by atoms with E-state index in [2.05, 4.69) is 26.1 Å². The number of amides is 1. The molecule has 5 nitrogen and oxygen atoms in total. The molecule has 37 heavy (non-hydrogen) atoms. The van der Waals surface area contributed by atoms with Gasteiger partial charge in [0.2, 0.25) is 0 Å². The molecular formula is C30H31ClN2O3S. The van der Waals surface area contributed by atoms with E-state index in [9.17, 15) is 4.79 Å². The summed E-state index contributed by atoms with van der Waals surface area (Å²) < 4.78 is 11.5. The number of hydrogen-bond donors (Lipinski definition) is 1. The number of furan rings is 2. The minimum Gasteiger partial charge on any atom is -0.467 e. The van der Waals surface area contributed by atoms with Gasteiger partial charge in [-0.1, -0.05) is 38.4 Å². The molecule has 1 aromatic carbocycles. The Hall–Kier alpha value is -3.09. The van der Waals surface area contributed by atoms with Crippen molar-refractivity contribution in [3.05, 3.63) is 86.8 Å². The number of nitrogens with zero attached hydrogens (tertiary/aromatic N) is 1. The first-order chi connectivity index (χ1) is 17.7. The van der Waals surface area contributed by atoms with Gasteiger partial charge in [0, 0.05) is 15.5 Å². The zero-order chi connectivity index (χ0) is 26.2. The molecule has 192 valence electrons. The molecule has 1 aliphatic rings. The second-order valence-corrected chi connectivity index (χ2v) is 12.2. The average Bonchev–Trinajstić information content (AvgIpc) is 3.61. The summed E-state index contributed by atoms with van der Waals surface area (Å²) in [6, 6.07) is 13.2. The Labute approximate surface area is 226 Å². The summed E-state index contributed by atoms with van der Waals surface area (Å²) in [6.07, 6.45) is 6.22. The number of aliphatic imine (C=N–C) groups is 1. The normalized spacial score (nSPS) is 15.8. The lowest BCUT2D eigenvalue weighted by molar-refractivity contribution is 0.0947. The van der Waals surface area contributed by atoms with Crippen LogP contribution in [0.15, 0.2) is 62.6 Å². The summed E-state index contributed by atoms with van der Waals surface area (Å²) in [5, 5.41) is 4.40. The first-order valence-electron chi connectivity index (χ1n) is 12.5. The smallest absolute Gasteiger partial charge is 0.255 e. The zero-order valence-corrected chi connectivity index (χ0v) is 23.1. The quantitative estimate of drug-likeness (QED) is 0.252. The van der Waals surface area contributed by atoms with Crippen LogP contribution in [0.4, 0.5) is 5.00 Å². The minimum atomic E-state index is -0.120. The number of benzene rings is 1. The van der Waals surface area contributed by atoms with E-state index in [0.29, 0.717) is 33.8 Å². The number of carbonyl (C=O) groups is 1. The van der Waals surface area contributed by atoms with Gasteiger partial charge in [-0.3, -0.25) is 4.79 Å². The molecule has 0 fully saturated rings. The van der Waals surface area contributed by atoms with Gasteiger partial charge in [-0.25, -0.2) is 4.99 Å². The van der Waals surface area contributed by atoms with Gasteiger partial charge in [-0.05, 0) is 85.0 Å². The Morgan fingerprint density at radius 2 is 2.08 bits per heavy atom. The molecular weight excluding hydrogens is 504 g/mol. The molecule has 5 rings (SSSR count). The molecule has 0 aliphatic heterocycles.